The van der Waals surface area contributed by atoms with Gasteiger partial charge in [0, 0.05) is 0 Å². The van der Waals surface area contributed by atoms with Gasteiger partial charge in [-0.25, -0.2) is 0 Å². The van der Waals surface area contributed by atoms with E-state index in [9.17, 15) is 20.1 Å². The molecule has 0 aliphatic rings. The third-order valence-corrected chi connectivity index (χ3v) is 10.3. The van der Waals surface area contributed by atoms with E-state index in [2.05, 4.69) is 31.3 Å². The molecule has 49 heavy (non-hydrogen) atoms. The number of unbranched alkanes of at least 4 members (excludes halogenated alkanes) is 29. The zero-order valence-corrected chi connectivity index (χ0v) is 33.1. The molecule has 0 aromatic carbocycles. The Balaban J connectivity index is 3.57. The van der Waals surface area contributed by atoms with Gasteiger partial charge in [0.2, 0.25) is 5.91 Å². The molecule has 1 amide bonds. The number of hydrogen-bond donors (Lipinski definition) is 4. The van der Waals surface area contributed by atoms with Gasteiger partial charge in [-0.05, 0) is 38.5 Å². The molecule has 0 saturated carbocycles. The van der Waals surface area contributed by atoms with Crippen molar-refractivity contribution in [1.29, 1.82) is 0 Å². The van der Waals surface area contributed by atoms with Crippen LogP contribution in [0.15, 0.2) is 12.2 Å². The largest absolute Gasteiger partial charge is 0.394 e. The van der Waals surface area contributed by atoms with E-state index >= 15 is 0 Å². The van der Waals surface area contributed by atoms with Crippen molar-refractivity contribution in [2.24, 2.45) is 0 Å². The predicted molar refractivity (Wildman–Crippen MR) is 213 cm³/mol. The molecular formula is C44H87NO4. The molecule has 3 unspecified atom stereocenters. The quantitative estimate of drug-likeness (QED) is 0.0380. The van der Waals surface area contributed by atoms with Crippen LogP contribution >= 0.6 is 0 Å². The first-order chi connectivity index (χ1) is 24.0. The molecule has 0 spiro atoms. The van der Waals surface area contributed by atoms with Gasteiger partial charge in [-0.15, -0.1) is 0 Å². The summed E-state index contributed by atoms with van der Waals surface area (Å²) in [7, 11) is 0. The Bertz CT molecular complexity index is 684. The Labute approximate surface area is 306 Å². The molecule has 0 radical (unpaired) electrons. The molecule has 5 heteroatoms. The van der Waals surface area contributed by atoms with Crippen molar-refractivity contribution in [2.45, 2.75) is 257 Å². The molecule has 4 N–H and O–H groups in total. The maximum atomic E-state index is 12.4. The van der Waals surface area contributed by atoms with E-state index in [-0.39, 0.29) is 18.9 Å². The number of aliphatic hydroxyl groups excluding tert-OH is 3. The van der Waals surface area contributed by atoms with Crippen molar-refractivity contribution in [3.63, 3.8) is 0 Å². The second-order valence-electron chi connectivity index (χ2n) is 15.3. The van der Waals surface area contributed by atoms with Crippen LogP contribution in [0.3, 0.4) is 0 Å². The van der Waals surface area contributed by atoms with Gasteiger partial charge in [0.25, 0.3) is 0 Å². The molecule has 0 heterocycles. The summed E-state index contributed by atoms with van der Waals surface area (Å²) >= 11 is 0. The summed E-state index contributed by atoms with van der Waals surface area (Å²) < 4.78 is 0. The topological polar surface area (TPSA) is 89.8 Å². The number of carbonyl (C=O) groups excluding carboxylic acids is 1. The average molecular weight is 694 g/mol. The van der Waals surface area contributed by atoms with Gasteiger partial charge in [-0.2, -0.15) is 0 Å². The smallest absolute Gasteiger partial charge is 0.222 e. The Hall–Kier alpha value is -0.910. The molecular weight excluding hydrogens is 606 g/mol. The highest BCUT2D eigenvalue weighted by molar-refractivity contribution is 5.76. The van der Waals surface area contributed by atoms with Crippen LogP contribution < -0.4 is 5.32 Å². The van der Waals surface area contributed by atoms with Gasteiger partial charge in [0.15, 0.2) is 0 Å². The first kappa shape index (κ1) is 48.1. The highest BCUT2D eigenvalue weighted by Gasteiger charge is 2.21. The van der Waals surface area contributed by atoms with Crippen molar-refractivity contribution in [2.75, 3.05) is 6.61 Å². The lowest BCUT2D eigenvalue weighted by Gasteiger charge is -2.23. The van der Waals surface area contributed by atoms with Gasteiger partial charge < -0.3 is 20.6 Å². The Kier molecular flexibility index (Phi) is 39.1. The van der Waals surface area contributed by atoms with Crippen LogP contribution in [0.1, 0.15) is 239 Å². The van der Waals surface area contributed by atoms with Crippen molar-refractivity contribution in [1.82, 2.24) is 5.32 Å². The van der Waals surface area contributed by atoms with Crippen molar-refractivity contribution >= 4 is 5.91 Å². The Morgan fingerprint density at radius 3 is 1.18 bits per heavy atom. The number of allylic oxidation sites excluding steroid dienone is 2. The van der Waals surface area contributed by atoms with Crippen LogP contribution in [-0.2, 0) is 4.79 Å². The predicted octanol–water partition coefficient (Wildman–Crippen LogP) is 12.4. The molecule has 0 aromatic heterocycles. The third-order valence-electron chi connectivity index (χ3n) is 10.3. The Morgan fingerprint density at radius 1 is 0.490 bits per heavy atom. The fourth-order valence-electron chi connectivity index (χ4n) is 6.93. The van der Waals surface area contributed by atoms with Crippen LogP contribution in [0, 0.1) is 0 Å². The van der Waals surface area contributed by atoms with Crippen LogP contribution in [-0.4, -0.2) is 46.1 Å². The summed E-state index contributed by atoms with van der Waals surface area (Å²) in [4.78, 5) is 12.4. The van der Waals surface area contributed by atoms with Gasteiger partial charge in [-0.1, -0.05) is 206 Å². The number of hydrogen-bond acceptors (Lipinski definition) is 4. The van der Waals surface area contributed by atoms with Crippen molar-refractivity contribution in [3.05, 3.63) is 12.2 Å². The average Bonchev–Trinajstić information content (AvgIpc) is 3.09. The molecule has 0 saturated heterocycles. The SMILES string of the molecule is CCCCCCCCCCCCCC/C=C\CCCCCCCCCC(O)CC(=O)NC(CO)C(O)CCCCCCCCCCCCC. The van der Waals surface area contributed by atoms with Crippen molar-refractivity contribution < 1.29 is 20.1 Å². The maximum absolute atomic E-state index is 12.4. The van der Waals surface area contributed by atoms with E-state index in [1.165, 1.54) is 180 Å². The summed E-state index contributed by atoms with van der Waals surface area (Å²) in [5, 5.41) is 33.3. The first-order valence-corrected chi connectivity index (χ1v) is 22.0. The second-order valence-corrected chi connectivity index (χ2v) is 15.3. The summed E-state index contributed by atoms with van der Waals surface area (Å²) in [5.74, 6) is -0.285. The van der Waals surface area contributed by atoms with E-state index < -0.39 is 18.2 Å². The number of aliphatic hydroxyl groups is 3. The van der Waals surface area contributed by atoms with Crippen LogP contribution in [0.25, 0.3) is 0 Å². The fraction of sp³-hybridized carbons (Fsp3) is 0.932. The van der Waals surface area contributed by atoms with Crippen LogP contribution in [0.5, 0.6) is 0 Å². The molecule has 0 rings (SSSR count). The standard InChI is InChI=1S/C44H87NO4/c1-3-5-7-9-11-13-15-16-17-18-19-20-21-22-23-24-25-26-28-29-31-33-35-37-41(47)39-44(49)45-42(40-46)43(48)38-36-34-32-30-27-14-12-10-8-6-4-2/h22-23,41-43,46-48H,3-21,24-40H2,1-2H3,(H,45,49)/b23-22-. The summed E-state index contributed by atoms with van der Waals surface area (Å²) in [6.07, 6.45) is 46.1. The van der Waals surface area contributed by atoms with Gasteiger partial charge in [-0.3, -0.25) is 4.79 Å². The summed E-state index contributed by atoms with van der Waals surface area (Å²) in [6, 6.07) is -0.655. The lowest BCUT2D eigenvalue weighted by molar-refractivity contribution is -0.125. The Morgan fingerprint density at radius 2 is 0.816 bits per heavy atom. The zero-order chi connectivity index (χ0) is 35.9. The zero-order valence-electron chi connectivity index (χ0n) is 33.1. The highest BCUT2D eigenvalue weighted by atomic mass is 16.3. The number of rotatable bonds is 40. The van der Waals surface area contributed by atoms with Gasteiger partial charge in [0.1, 0.15) is 0 Å². The van der Waals surface area contributed by atoms with Crippen LogP contribution in [0.4, 0.5) is 0 Å². The van der Waals surface area contributed by atoms with E-state index in [1.54, 1.807) is 0 Å². The first-order valence-electron chi connectivity index (χ1n) is 22.0. The normalized spacial score (nSPS) is 13.7. The lowest BCUT2D eigenvalue weighted by Crippen LogP contribution is -2.46. The van der Waals surface area contributed by atoms with Gasteiger partial charge in [0.05, 0.1) is 31.3 Å². The third kappa shape index (κ3) is 36.7. The molecule has 0 aromatic rings. The van der Waals surface area contributed by atoms with Crippen LogP contribution in [0.2, 0.25) is 0 Å². The summed E-state index contributed by atoms with van der Waals surface area (Å²) in [6.45, 7) is 4.26. The lowest BCUT2D eigenvalue weighted by atomic mass is 10.0. The molecule has 0 fully saturated rings. The molecule has 3 atom stereocenters. The number of amides is 1. The monoisotopic (exact) mass is 694 g/mol. The van der Waals surface area contributed by atoms with E-state index in [0.717, 1.165) is 25.7 Å². The van der Waals surface area contributed by atoms with E-state index in [4.69, 9.17) is 0 Å². The summed E-state index contributed by atoms with van der Waals surface area (Å²) in [5.41, 5.74) is 0. The molecule has 0 bridgehead atoms. The minimum atomic E-state index is -0.746. The molecule has 0 aliphatic carbocycles. The van der Waals surface area contributed by atoms with E-state index in [0.29, 0.717) is 12.8 Å². The van der Waals surface area contributed by atoms with Gasteiger partial charge >= 0.3 is 0 Å². The molecule has 5 nitrogen and oxygen atoms in total. The minimum absolute atomic E-state index is 0.0362. The molecule has 292 valence electrons. The second kappa shape index (κ2) is 39.9. The minimum Gasteiger partial charge on any atom is -0.394 e. The highest BCUT2D eigenvalue weighted by Crippen LogP contribution is 2.16. The maximum Gasteiger partial charge on any atom is 0.222 e. The number of carbonyl (C=O) groups is 1. The molecule has 0 aliphatic heterocycles. The number of nitrogens with one attached hydrogen (secondary N) is 1. The van der Waals surface area contributed by atoms with Crippen molar-refractivity contribution in [3.8, 4) is 0 Å². The fourth-order valence-corrected chi connectivity index (χ4v) is 6.93. The van der Waals surface area contributed by atoms with E-state index in [1.807, 2.05) is 0 Å².